The molecule has 25 heavy (non-hydrogen) atoms. The second kappa shape index (κ2) is 5.96. The number of hydrogen-bond acceptors (Lipinski definition) is 0. The quantitative estimate of drug-likeness (QED) is 0.529. The van der Waals surface area contributed by atoms with E-state index in [1.165, 1.54) is 18.0 Å². The summed E-state index contributed by atoms with van der Waals surface area (Å²) in [6, 6.07) is 23.7. The minimum absolute atomic E-state index is 0.745. The van der Waals surface area contributed by atoms with E-state index in [1.54, 1.807) is 21.5 Å². The van der Waals surface area contributed by atoms with Crippen molar-refractivity contribution in [3.63, 3.8) is 0 Å². The zero-order chi connectivity index (χ0) is 17.7. The molecule has 0 radical (unpaired) electrons. The van der Waals surface area contributed by atoms with E-state index in [4.69, 9.17) is 0 Å². The molecule has 0 spiro atoms. The average Bonchev–Trinajstić information content (AvgIpc) is 2.84. The molecule has 1 atom stereocenters. The minimum atomic E-state index is -1.48. The van der Waals surface area contributed by atoms with E-state index >= 15 is 0 Å². The summed E-state index contributed by atoms with van der Waals surface area (Å²) in [4.78, 5) is 0. The lowest BCUT2D eigenvalue weighted by Crippen LogP contribution is -2.36. The predicted molar refractivity (Wildman–Crippen MR) is 115 cm³/mol. The SMILES string of the molecule is C[Si]1(C)CC2=C(C=C1c1ccccc1)[Si](C)(C)C(c1ccccc1)C2. The third-order valence-corrected chi connectivity index (χ3v) is 13.7. The number of allylic oxidation sites excluding steroid dienone is 3. The van der Waals surface area contributed by atoms with E-state index in [0.717, 1.165) is 5.54 Å². The molecule has 0 amide bonds. The smallest absolute Gasteiger partial charge is 0.0729 e. The van der Waals surface area contributed by atoms with Crippen molar-refractivity contribution in [3.8, 4) is 0 Å². The highest BCUT2D eigenvalue weighted by molar-refractivity contribution is 6.97. The maximum Gasteiger partial charge on any atom is 0.0882 e. The summed E-state index contributed by atoms with van der Waals surface area (Å²) in [7, 11) is -2.90. The zero-order valence-corrected chi connectivity index (χ0v) is 17.8. The van der Waals surface area contributed by atoms with Crippen LogP contribution in [0.25, 0.3) is 5.20 Å². The molecule has 0 saturated heterocycles. The molecule has 2 aromatic carbocycles. The summed E-state index contributed by atoms with van der Waals surface area (Å²) in [5, 5.41) is 3.42. The lowest BCUT2D eigenvalue weighted by atomic mass is 10.0. The molecule has 2 heterocycles. The van der Waals surface area contributed by atoms with Gasteiger partial charge >= 0.3 is 0 Å². The highest BCUT2D eigenvalue weighted by Crippen LogP contribution is 2.52. The van der Waals surface area contributed by atoms with Crippen LogP contribution in [0.1, 0.15) is 23.1 Å². The van der Waals surface area contributed by atoms with Gasteiger partial charge in [0.1, 0.15) is 0 Å². The third-order valence-electron chi connectivity index (χ3n) is 6.36. The van der Waals surface area contributed by atoms with Crippen LogP contribution in [0.2, 0.25) is 32.2 Å². The van der Waals surface area contributed by atoms with Gasteiger partial charge < -0.3 is 0 Å². The number of hydrogen-bond donors (Lipinski definition) is 0. The van der Waals surface area contributed by atoms with E-state index < -0.39 is 16.1 Å². The summed E-state index contributed by atoms with van der Waals surface area (Å²) in [5.41, 5.74) is 5.55. The van der Waals surface area contributed by atoms with E-state index in [0.29, 0.717) is 0 Å². The van der Waals surface area contributed by atoms with Gasteiger partial charge in [-0.3, -0.25) is 0 Å². The van der Waals surface area contributed by atoms with Crippen LogP contribution in [-0.4, -0.2) is 16.1 Å². The molecule has 2 aliphatic heterocycles. The monoisotopic (exact) mass is 360 g/mol. The second-order valence-corrected chi connectivity index (χ2v) is 18.2. The van der Waals surface area contributed by atoms with Gasteiger partial charge in [-0.2, -0.15) is 0 Å². The molecule has 4 rings (SSSR count). The zero-order valence-electron chi connectivity index (χ0n) is 15.8. The van der Waals surface area contributed by atoms with Gasteiger partial charge in [0.15, 0.2) is 0 Å². The Labute approximate surface area is 154 Å². The van der Waals surface area contributed by atoms with Crippen LogP contribution in [0.15, 0.2) is 77.5 Å². The van der Waals surface area contributed by atoms with Gasteiger partial charge in [0, 0.05) is 0 Å². The van der Waals surface area contributed by atoms with Gasteiger partial charge in [-0.25, -0.2) is 0 Å². The third kappa shape index (κ3) is 2.82. The Kier molecular flexibility index (Phi) is 4.01. The van der Waals surface area contributed by atoms with Crippen LogP contribution in [0.3, 0.4) is 0 Å². The molecule has 0 saturated carbocycles. The van der Waals surface area contributed by atoms with Crippen LogP contribution in [0, 0.1) is 0 Å². The minimum Gasteiger partial charge on any atom is -0.0729 e. The highest BCUT2D eigenvalue weighted by Gasteiger charge is 2.47. The van der Waals surface area contributed by atoms with E-state index in [-0.39, 0.29) is 0 Å². The molecule has 128 valence electrons. The summed E-state index contributed by atoms with van der Waals surface area (Å²) >= 11 is 0. The fourth-order valence-corrected chi connectivity index (χ4v) is 12.2. The van der Waals surface area contributed by atoms with Crippen molar-refractivity contribution in [2.24, 2.45) is 0 Å². The Bertz CT molecular complexity index is 842. The van der Waals surface area contributed by atoms with E-state index in [2.05, 4.69) is 92.9 Å². The maximum atomic E-state index is 2.65. The van der Waals surface area contributed by atoms with Gasteiger partial charge in [-0.05, 0) is 29.1 Å². The van der Waals surface area contributed by atoms with Crippen molar-refractivity contribution in [1.29, 1.82) is 0 Å². The average molecular weight is 361 g/mol. The summed E-state index contributed by atoms with van der Waals surface area (Å²) < 4.78 is 0. The van der Waals surface area contributed by atoms with Gasteiger partial charge in [-0.1, -0.05) is 109 Å². The molecule has 2 heteroatoms. The molecular formula is C23H28Si2. The molecule has 0 nitrogen and oxygen atoms in total. The highest BCUT2D eigenvalue weighted by atomic mass is 28.3. The van der Waals surface area contributed by atoms with Gasteiger partial charge in [0.2, 0.25) is 0 Å². The topological polar surface area (TPSA) is 0 Å². The Hall–Kier alpha value is -1.65. The lowest BCUT2D eigenvalue weighted by molar-refractivity contribution is 0.896. The predicted octanol–water partition coefficient (Wildman–Crippen LogP) is 6.60. The van der Waals surface area contributed by atoms with Gasteiger partial charge in [0.25, 0.3) is 0 Å². The van der Waals surface area contributed by atoms with Gasteiger partial charge in [0.05, 0.1) is 16.1 Å². The fraction of sp³-hybridized carbons (Fsp3) is 0.304. The van der Waals surface area contributed by atoms with Crippen molar-refractivity contribution in [3.05, 3.63) is 88.6 Å². The Morgan fingerprint density at radius 3 is 2.04 bits per heavy atom. The number of rotatable bonds is 2. The first kappa shape index (κ1) is 16.8. The van der Waals surface area contributed by atoms with Crippen molar-refractivity contribution in [2.75, 3.05) is 0 Å². The van der Waals surface area contributed by atoms with Crippen LogP contribution in [0.5, 0.6) is 0 Å². The maximum absolute atomic E-state index is 2.65. The Morgan fingerprint density at radius 1 is 0.800 bits per heavy atom. The molecule has 2 aromatic rings. The molecule has 0 N–H and O–H groups in total. The van der Waals surface area contributed by atoms with Crippen LogP contribution in [-0.2, 0) is 0 Å². The summed E-state index contributed by atoms with van der Waals surface area (Å²) in [6.45, 7) is 10.3. The normalized spacial score (nSPS) is 24.0. The molecule has 2 aliphatic rings. The van der Waals surface area contributed by atoms with Crippen LogP contribution in [0.4, 0.5) is 0 Å². The first-order valence-electron chi connectivity index (χ1n) is 9.44. The second-order valence-electron chi connectivity index (χ2n) is 8.89. The van der Waals surface area contributed by atoms with Crippen LogP contribution >= 0.6 is 0 Å². The standard InChI is InChI=1S/C23H28Si2/c1-24(2)17-20-15-22(19-13-9-6-10-14-19)25(3,4)23(20)16-21(24)18-11-7-5-8-12-18/h5-14,16,22H,15,17H2,1-4H3. The molecule has 1 unspecified atom stereocenters. The first-order valence-corrected chi connectivity index (χ1v) is 15.7. The van der Waals surface area contributed by atoms with E-state index in [9.17, 15) is 0 Å². The Morgan fingerprint density at radius 2 is 1.40 bits per heavy atom. The molecule has 0 aliphatic carbocycles. The van der Waals surface area contributed by atoms with Crippen molar-refractivity contribution in [1.82, 2.24) is 0 Å². The largest absolute Gasteiger partial charge is 0.0882 e. The van der Waals surface area contributed by atoms with E-state index in [1.807, 2.05) is 0 Å². The summed E-state index contributed by atoms with van der Waals surface area (Å²) in [5.74, 6) is 0. The molecule has 0 aromatic heterocycles. The van der Waals surface area contributed by atoms with Crippen molar-refractivity contribution < 1.29 is 0 Å². The first-order chi connectivity index (χ1) is 11.9. The number of benzene rings is 2. The molecule has 0 bridgehead atoms. The van der Waals surface area contributed by atoms with Crippen LogP contribution < -0.4 is 0 Å². The lowest BCUT2D eigenvalue weighted by Gasteiger charge is -2.34. The molecular weight excluding hydrogens is 332 g/mol. The molecule has 0 fully saturated rings. The van der Waals surface area contributed by atoms with Crippen molar-refractivity contribution in [2.45, 2.75) is 44.2 Å². The fourth-order valence-electron chi connectivity index (χ4n) is 4.99. The van der Waals surface area contributed by atoms with Gasteiger partial charge in [-0.15, -0.1) is 0 Å². The summed E-state index contributed by atoms with van der Waals surface area (Å²) in [6.07, 6.45) is 3.95. The van der Waals surface area contributed by atoms with Crippen molar-refractivity contribution >= 4 is 21.3 Å². The Balaban J connectivity index is 1.78.